The summed E-state index contributed by atoms with van der Waals surface area (Å²) in [6.45, 7) is 0. The maximum Gasteiger partial charge on any atom is 0.258 e. The van der Waals surface area contributed by atoms with E-state index in [2.05, 4.69) is 10.6 Å². The summed E-state index contributed by atoms with van der Waals surface area (Å²) in [5, 5.41) is 5.68. The lowest BCUT2D eigenvalue weighted by molar-refractivity contribution is -0.116. The molecule has 0 unspecified atom stereocenters. The third kappa shape index (κ3) is 2.56. The third-order valence-electron chi connectivity index (χ3n) is 3.27. The van der Waals surface area contributed by atoms with Gasteiger partial charge in [0.15, 0.2) is 0 Å². The zero-order valence-electron chi connectivity index (χ0n) is 10.8. The summed E-state index contributed by atoms with van der Waals surface area (Å²) in [7, 11) is 0. The lowest BCUT2D eigenvalue weighted by Crippen LogP contribution is -2.12. The van der Waals surface area contributed by atoms with Gasteiger partial charge in [0.2, 0.25) is 5.91 Å². The van der Waals surface area contributed by atoms with Crippen molar-refractivity contribution in [1.82, 2.24) is 0 Å². The predicted molar refractivity (Wildman–Crippen MR) is 74.7 cm³/mol. The van der Waals surface area contributed by atoms with E-state index in [9.17, 15) is 9.59 Å². The summed E-state index contributed by atoms with van der Waals surface area (Å²) in [6, 6.07) is 7.11. The highest BCUT2D eigenvalue weighted by molar-refractivity contribution is 6.04. The second-order valence-corrected chi connectivity index (χ2v) is 4.74. The minimum atomic E-state index is -0.212. The monoisotopic (exact) mass is 270 g/mol. The van der Waals surface area contributed by atoms with Crippen LogP contribution in [0.15, 0.2) is 41.2 Å². The molecule has 5 heteroatoms. The molecular formula is C15H14N2O3. The average Bonchev–Trinajstić information content (AvgIpc) is 2.89. The summed E-state index contributed by atoms with van der Waals surface area (Å²) < 4.78 is 4.88. The van der Waals surface area contributed by atoms with Gasteiger partial charge in [0.1, 0.15) is 6.26 Å². The Hall–Kier alpha value is -2.56. The fraction of sp³-hybridized carbons (Fsp3) is 0.200. The minimum absolute atomic E-state index is 0.0407. The topological polar surface area (TPSA) is 71.3 Å². The maximum atomic E-state index is 11.9. The molecular weight excluding hydrogens is 256 g/mol. The van der Waals surface area contributed by atoms with E-state index in [0.717, 1.165) is 24.1 Å². The molecule has 0 bridgehead atoms. The number of fused-ring (bicyclic) bond motifs is 1. The largest absolute Gasteiger partial charge is 0.472 e. The van der Waals surface area contributed by atoms with Gasteiger partial charge in [-0.15, -0.1) is 0 Å². The molecule has 1 aromatic heterocycles. The molecule has 2 amide bonds. The molecule has 20 heavy (non-hydrogen) atoms. The minimum Gasteiger partial charge on any atom is -0.472 e. The lowest BCUT2D eigenvalue weighted by Gasteiger charge is -2.10. The van der Waals surface area contributed by atoms with E-state index in [1.54, 1.807) is 12.1 Å². The van der Waals surface area contributed by atoms with Crippen molar-refractivity contribution >= 4 is 23.2 Å². The lowest BCUT2D eigenvalue weighted by atomic mass is 10.1. The van der Waals surface area contributed by atoms with Crippen molar-refractivity contribution in [2.45, 2.75) is 19.3 Å². The molecule has 0 spiro atoms. The summed E-state index contributed by atoms with van der Waals surface area (Å²) in [6.07, 6.45) is 5.04. The van der Waals surface area contributed by atoms with Crippen LogP contribution in [0.25, 0.3) is 0 Å². The fourth-order valence-electron chi connectivity index (χ4n) is 2.25. The van der Waals surface area contributed by atoms with Gasteiger partial charge >= 0.3 is 0 Å². The Morgan fingerprint density at radius 3 is 2.95 bits per heavy atom. The second kappa shape index (κ2) is 5.21. The number of carbonyl (C=O) groups excluding carboxylic acids is 2. The van der Waals surface area contributed by atoms with Gasteiger partial charge in [-0.2, -0.15) is 0 Å². The maximum absolute atomic E-state index is 11.9. The molecule has 0 saturated carbocycles. The highest BCUT2D eigenvalue weighted by Gasteiger charge is 2.14. The molecule has 0 radical (unpaired) electrons. The predicted octanol–water partition coefficient (Wildman–Crippen LogP) is 2.81. The first-order valence-corrected chi connectivity index (χ1v) is 6.49. The van der Waals surface area contributed by atoms with Crippen LogP contribution >= 0.6 is 0 Å². The SMILES string of the molecule is O=C1CCCc2cc(NC(=O)c3ccoc3)ccc2N1. The van der Waals surface area contributed by atoms with Crippen LogP contribution in [0.3, 0.4) is 0 Å². The molecule has 2 N–H and O–H groups in total. The van der Waals surface area contributed by atoms with Crippen LogP contribution in [-0.2, 0) is 11.2 Å². The molecule has 0 saturated heterocycles. The number of amides is 2. The Morgan fingerprint density at radius 2 is 2.15 bits per heavy atom. The van der Waals surface area contributed by atoms with E-state index in [1.165, 1.54) is 12.5 Å². The van der Waals surface area contributed by atoms with Crippen molar-refractivity contribution in [1.29, 1.82) is 0 Å². The molecule has 0 fully saturated rings. The van der Waals surface area contributed by atoms with E-state index < -0.39 is 0 Å². The van der Waals surface area contributed by atoms with Gasteiger partial charge in [0, 0.05) is 17.8 Å². The molecule has 1 aliphatic heterocycles. The molecule has 1 aliphatic rings. The molecule has 2 aromatic rings. The van der Waals surface area contributed by atoms with Gasteiger partial charge in [-0.05, 0) is 42.7 Å². The van der Waals surface area contributed by atoms with E-state index in [1.807, 2.05) is 12.1 Å². The normalized spacial score (nSPS) is 14.1. The zero-order valence-corrected chi connectivity index (χ0v) is 10.8. The summed E-state index contributed by atoms with van der Waals surface area (Å²) >= 11 is 0. The Labute approximate surface area is 116 Å². The molecule has 5 nitrogen and oxygen atoms in total. The van der Waals surface area contributed by atoms with Crippen LogP contribution in [0.2, 0.25) is 0 Å². The van der Waals surface area contributed by atoms with Gasteiger partial charge in [-0.1, -0.05) is 0 Å². The number of aryl methyl sites for hydroxylation is 1. The van der Waals surface area contributed by atoms with Gasteiger partial charge in [0.05, 0.1) is 11.8 Å². The van der Waals surface area contributed by atoms with Crippen LogP contribution < -0.4 is 10.6 Å². The summed E-state index contributed by atoms with van der Waals surface area (Å²) in [4.78, 5) is 23.4. The van der Waals surface area contributed by atoms with Gasteiger partial charge in [-0.3, -0.25) is 9.59 Å². The first-order valence-electron chi connectivity index (χ1n) is 6.49. The molecule has 0 aliphatic carbocycles. The zero-order chi connectivity index (χ0) is 13.9. The van der Waals surface area contributed by atoms with Crippen molar-refractivity contribution in [2.75, 3.05) is 10.6 Å². The van der Waals surface area contributed by atoms with Gasteiger partial charge in [0.25, 0.3) is 5.91 Å². The Balaban J connectivity index is 1.80. The third-order valence-corrected chi connectivity index (χ3v) is 3.27. The number of anilines is 2. The highest BCUT2D eigenvalue weighted by Crippen LogP contribution is 2.25. The van der Waals surface area contributed by atoms with E-state index in [4.69, 9.17) is 4.42 Å². The van der Waals surface area contributed by atoms with Crippen LogP contribution in [-0.4, -0.2) is 11.8 Å². The number of hydrogen-bond donors (Lipinski definition) is 2. The summed E-state index contributed by atoms with van der Waals surface area (Å²) in [5.74, 6) is -0.171. The number of carbonyl (C=O) groups is 2. The second-order valence-electron chi connectivity index (χ2n) is 4.74. The van der Waals surface area contributed by atoms with E-state index in [0.29, 0.717) is 17.7 Å². The highest BCUT2D eigenvalue weighted by atomic mass is 16.3. The van der Waals surface area contributed by atoms with Crippen LogP contribution in [0.5, 0.6) is 0 Å². The number of furan rings is 1. The van der Waals surface area contributed by atoms with Crippen LogP contribution in [0.1, 0.15) is 28.8 Å². The molecule has 0 atom stereocenters. The standard InChI is InChI=1S/C15H14N2O3/c18-14-3-1-2-10-8-12(4-5-13(10)17-14)16-15(19)11-6-7-20-9-11/h4-9H,1-3H2,(H,16,19)(H,17,18). The first kappa shape index (κ1) is 12.5. The van der Waals surface area contributed by atoms with Gasteiger partial charge < -0.3 is 15.1 Å². The number of hydrogen-bond acceptors (Lipinski definition) is 3. The van der Waals surface area contributed by atoms with Crippen LogP contribution in [0.4, 0.5) is 11.4 Å². The van der Waals surface area contributed by atoms with Crippen molar-refractivity contribution in [3.63, 3.8) is 0 Å². The van der Waals surface area contributed by atoms with Crippen molar-refractivity contribution in [2.24, 2.45) is 0 Å². The fourth-order valence-corrected chi connectivity index (χ4v) is 2.25. The number of nitrogens with one attached hydrogen (secondary N) is 2. The van der Waals surface area contributed by atoms with Crippen molar-refractivity contribution < 1.29 is 14.0 Å². The first-order chi connectivity index (χ1) is 9.72. The Morgan fingerprint density at radius 1 is 1.25 bits per heavy atom. The van der Waals surface area contributed by atoms with E-state index in [-0.39, 0.29) is 11.8 Å². The Bertz CT molecular complexity index is 647. The molecule has 102 valence electrons. The quantitative estimate of drug-likeness (QED) is 0.881. The summed E-state index contributed by atoms with van der Waals surface area (Å²) in [5.41, 5.74) is 3.06. The van der Waals surface area contributed by atoms with E-state index >= 15 is 0 Å². The van der Waals surface area contributed by atoms with Crippen molar-refractivity contribution in [3.8, 4) is 0 Å². The Kier molecular flexibility index (Phi) is 3.25. The van der Waals surface area contributed by atoms with Crippen molar-refractivity contribution in [3.05, 3.63) is 47.9 Å². The molecule has 3 rings (SSSR count). The molecule has 1 aromatic carbocycles. The molecule has 2 heterocycles. The number of benzene rings is 1. The average molecular weight is 270 g/mol. The smallest absolute Gasteiger partial charge is 0.258 e. The number of rotatable bonds is 2. The van der Waals surface area contributed by atoms with Gasteiger partial charge in [-0.25, -0.2) is 0 Å². The van der Waals surface area contributed by atoms with Crippen LogP contribution in [0, 0.1) is 0 Å².